The first-order valence-corrected chi connectivity index (χ1v) is 11.5. The fourth-order valence-electron chi connectivity index (χ4n) is 1.59. The third-order valence-corrected chi connectivity index (χ3v) is 9.39. The molecule has 0 spiro atoms. The van der Waals surface area contributed by atoms with Crippen molar-refractivity contribution in [2.75, 3.05) is 0 Å². The van der Waals surface area contributed by atoms with Crippen molar-refractivity contribution in [1.29, 1.82) is 0 Å². The molecule has 0 saturated heterocycles. The highest BCUT2D eigenvalue weighted by atomic mass is 127. The Morgan fingerprint density at radius 2 is 1.71 bits per heavy atom. The van der Waals surface area contributed by atoms with Crippen molar-refractivity contribution < 1.29 is 27.4 Å². The number of ether oxygens (including phenoxy) is 1. The smallest absolute Gasteiger partial charge is 0.416 e. The van der Waals surface area contributed by atoms with Crippen LogP contribution in [0.25, 0.3) is 0 Å². The Bertz CT molecular complexity index is 569. The van der Waals surface area contributed by atoms with E-state index in [0.29, 0.717) is 3.57 Å². The molecular weight excluding hydrogens is 452 g/mol. The van der Waals surface area contributed by atoms with Crippen LogP contribution >= 0.6 is 22.6 Å². The number of halogens is 4. The van der Waals surface area contributed by atoms with Crippen LogP contribution < -0.4 is 4.74 Å². The fourth-order valence-corrected chi connectivity index (χ4v) is 3.41. The van der Waals surface area contributed by atoms with E-state index >= 15 is 0 Å². The monoisotopic (exact) mass is 476 g/mol. The fraction of sp³-hybridized carbons (Fsp3) is 0.625. The third kappa shape index (κ3) is 5.60. The van der Waals surface area contributed by atoms with Gasteiger partial charge in [-0.15, -0.1) is 0 Å². The summed E-state index contributed by atoms with van der Waals surface area (Å²) >= 11 is 1.79. The molecule has 0 heterocycles. The van der Waals surface area contributed by atoms with E-state index in [1.54, 1.807) is 22.6 Å². The van der Waals surface area contributed by atoms with E-state index in [2.05, 4.69) is 20.8 Å². The van der Waals surface area contributed by atoms with Crippen molar-refractivity contribution in [3.63, 3.8) is 0 Å². The van der Waals surface area contributed by atoms with Gasteiger partial charge in [0.2, 0.25) is 6.29 Å². The lowest BCUT2D eigenvalue weighted by atomic mass is 10.2. The number of benzene rings is 1. The highest BCUT2D eigenvalue weighted by Gasteiger charge is 2.41. The molecule has 1 N–H and O–H groups in total. The molecule has 0 radical (unpaired) electrons. The molecule has 0 aromatic heterocycles. The van der Waals surface area contributed by atoms with E-state index in [-0.39, 0.29) is 10.8 Å². The van der Waals surface area contributed by atoms with Gasteiger partial charge >= 0.3 is 6.18 Å². The van der Waals surface area contributed by atoms with Crippen molar-refractivity contribution in [3.05, 3.63) is 27.3 Å². The Balaban J connectivity index is 3.02. The van der Waals surface area contributed by atoms with Crippen molar-refractivity contribution in [1.82, 2.24) is 0 Å². The van der Waals surface area contributed by atoms with Crippen LogP contribution in [0.3, 0.4) is 0 Å². The predicted octanol–water partition coefficient (Wildman–Crippen LogP) is 5.42. The molecule has 138 valence electrons. The molecular formula is C16H24F3IO3Si. The van der Waals surface area contributed by atoms with Gasteiger partial charge in [-0.25, -0.2) is 0 Å². The number of aliphatic hydroxyl groups is 1. The quantitative estimate of drug-likeness (QED) is 0.351. The van der Waals surface area contributed by atoms with E-state index in [0.717, 1.165) is 12.1 Å². The number of rotatable bonds is 5. The number of alkyl halides is 3. The lowest BCUT2D eigenvalue weighted by Crippen LogP contribution is -2.48. The SMILES string of the molecule is CC(O)C(Oc1ccc(C(F)(F)F)cc1I)O[Si](C)(C)C(C)(C)C. The molecule has 0 aliphatic carbocycles. The van der Waals surface area contributed by atoms with Gasteiger partial charge < -0.3 is 14.3 Å². The zero-order chi connectivity index (χ0) is 18.9. The van der Waals surface area contributed by atoms with Gasteiger partial charge in [-0.05, 0) is 65.8 Å². The van der Waals surface area contributed by atoms with Crippen molar-refractivity contribution >= 4 is 30.9 Å². The van der Waals surface area contributed by atoms with Crippen molar-refractivity contribution in [3.8, 4) is 5.75 Å². The molecule has 24 heavy (non-hydrogen) atoms. The molecule has 0 bridgehead atoms. The molecule has 0 saturated carbocycles. The van der Waals surface area contributed by atoms with Crippen LogP contribution in [0.1, 0.15) is 33.3 Å². The van der Waals surface area contributed by atoms with Gasteiger partial charge in [-0.3, -0.25) is 0 Å². The second kappa shape index (κ2) is 7.51. The van der Waals surface area contributed by atoms with Gasteiger partial charge in [0.1, 0.15) is 11.9 Å². The molecule has 8 heteroatoms. The highest BCUT2D eigenvalue weighted by Crippen LogP contribution is 2.38. The summed E-state index contributed by atoms with van der Waals surface area (Å²) in [5.74, 6) is 0.258. The molecule has 2 atom stereocenters. The molecule has 0 aliphatic heterocycles. The molecule has 1 aromatic rings. The van der Waals surface area contributed by atoms with E-state index in [4.69, 9.17) is 9.16 Å². The lowest BCUT2D eigenvalue weighted by Gasteiger charge is -2.39. The zero-order valence-corrected chi connectivity index (χ0v) is 17.8. The van der Waals surface area contributed by atoms with Gasteiger partial charge in [-0.1, -0.05) is 20.8 Å². The highest BCUT2D eigenvalue weighted by molar-refractivity contribution is 14.1. The molecule has 0 amide bonds. The van der Waals surface area contributed by atoms with E-state index in [1.165, 1.54) is 13.0 Å². The number of hydrogen-bond acceptors (Lipinski definition) is 3. The predicted molar refractivity (Wildman–Crippen MR) is 98.5 cm³/mol. The van der Waals surface area contributed by atoms with Gasteiger partial charge in [-0.2, -0.15) is 13.2 Å². The number of aliphatic hydroxyl groups excluding tert-OH is 1. The first kappa shape index (κ1) is 21.7. The van der Waals surface area contributed by atoms with E-state index in [1.807, 2.05) is 13.1 Å². The molecule has 1 aromatic carbocycles. The van der Waals surface area contributed by atoms with Crippen LogP contribution in [0.2, 0.25) is 18.1 Å². The number of hydrogen-bond donors (Lipinski definition) is 1. The normalized spacial score (nSPS) is 16.0. The summed E-state index contributed by atoms with van der Waals surface area (Å²) in [7, 11) is -2.21. The van der Waals surface area contributed by atoms with Crippen LogP contribution in [-0.2, 0) is 10.6 Å². The maximum absolute atomic E-state index is 12.7. The Morgan fingerprint density at radius 3 is 2.08 bits per heavy atom. The Labute approximate surface area is 155 Å². The molecule has 1 rings (SSSR count). The van der Waals surface area contributed by atoms with Crippen LogP contribution in [0.4, 0.5) is 13.2 Å². The average Bonchev–Trinajstić information content (AvgIpc) is 2.37. The minimum atomic E-state index is -4.40. The Kier molecular flexibility index (Phi) is 6.79. The van der Waals surface area contributed by atoms with E-state index < -0.39 is 32.5 Å². The minimum Gasteiger partial charge on any atom is -0.462 e. The average molecular weight is 476 g/mol. The standard InChI is InChI=1S/C16H24F3IO3Si/c1-10(21)14(23-24(5,6)15(2,3)4)22-13-8-7-11(9-12(13)20)16(17,18)19/h7-10,14,21H,1-6H3. The third-order valence-electron chi connectivity index (χ3n) is 4.11. The Hall–Kier alpha value is -0.323. The van der Waals surface area contributed by atoms with Crippen molar-refractivity contribution in [2.45, 2.75) is 64.4 Å². The van der Waals surface area contributed by atoms with E-state index in [9.17, 15) is 18.3 Å². The molecule has 2 unspecified atom stereocenters. The first-order chi connectivity index (χ1) is 10.6. The van der Waals surface area contributed by atoms with Gasteiger partial charge in [0.15, 0.2) is 8.32 Å². The molecule has 0 aliphatic rings. The first-order valence-electron chi connectivity index (χ1n) is 7.54. The van der Waals surface area contributed by atoms with Crippen LogP contribution in [0.5, 0.6) is 5.75 Å². The summed E-state index contributed by atoms with van der Waals surface area (Å²) in [6.07, 6.45) is -6.26. The second-order valence-electron chi connectivity index (χ2n) is 7.25. The summed E-state index contributed by atoms with van der Waals surface area (Å²) in [5, 5.41) is 9.88. The summed E-state index contributed by atoms with van der Waals surface area (Å²) in [6.45, 7) is 11.7. The topological polar surface area (TPSA) is 38.7 Å². The summed E-state index contributed by atoms with van der Waals surface area (Å²) in [6, 6.07) is 3.24. The molecule has 3 nitrogen and oxygen atoms in total. The summed E-state index contributed by atoms with van der Waals surface area (Å²) in [5.41, 5.74) is -0.738. The largest absolute Gasteiger partial charge is 0.462 e. The maximum Gasteiger partial charge on any atom is 0.416 e. The van der Waals surface area contributed by atoms with Gasteiger partial charge in [0, 0.05) is 0 Å². The van der Waals surface area contributed by atoms with Crippen LogP contribution in [0, 0.1) is 3.57 Å². The van der Waals surface area contributed by atoms with Gasteiger partial charge in [0.05, 0.1) is 9.13 Å². The summed E-state index contributed by atoms with van der Waals surface area (Å²) < 4.78 is 50.3. The van der Waals surface area contributed by atoms with Crippen molar-refractivity contribution in [2.24, 2.45) is 0 Å². The summed E-state index contributed by atoms with van der Waals surface area (Å²) in [4.78, 5) is 0. The lowest BCUT2D eigenvalue weighted by molar-refractivity contribution is -0.137. The second-order valence-corrected chi connectivity index (χ2v) is 13.2. The van der Waals surface area contributed by atoms with Crippen LogP contribution in [0.15, 0.2) is 18.2 Å². The molecule has 0 fully saturated rings. The van der Waals surface area contributed by atoms with Crippen LogP contribution in [-0.4, -0.2) is 25.8 Å². The Morgan fingerprint density at radius 1 is 1.17 bits per heavy atom. The minimum absolute atomic E-state index is 0.0865. The van der Waals surface area contributed by atoms with Gasteiger partial charge in [0.25, 0.3) is 0 Å². The zero-order valence-electron chi connectivity index (χ0n) is 14.7. The maximum atomic E-state index is 12.7.